The first-order valence-electron chi connectivity index (χ1n) is 5.99. The Labute approximate surface area is 120 Å². The van der Waals surface area contributed by atoms with E-state index in [2.05, 4.69) is 10.1 Å². The van der Waals surface area contributed by atoms with E-state index in [1.807, 2.05) is 0 Å². The Morgan fingerprint density at radius 2 is 1.36 bits per heavy atom. The summed E-state index contributed by atoms with van der Waals surface area (Å²) in [7, 11) is 0. The molecule has 0 N–H and O–H groups in total. The van der Waals surface area contributed by atoms with Gasteiger partial charge in [-0.1, -0.05) is 6.07 Å². The maximum absolute atomic E-state index is 13.7. The predicted molar refractivity (Wildman–Crippen MR) is 66.6 cm³/mol. The third kappa shape index (κ3) is 2.12. The molecule has 0 unspecified atom stereocenters. The van der Waals surface area contributed by atoms with Gasteiger partial charge in [-0.25, -0.2) is 26.6 Å². The van der Waals surface area contributed by atoms with Gasteiger partial charge in [-0.2, -0.15) is 5.10 Å². The summed E-state index contributed by atoms with van der Waals surface area (Å²) in [6.45, 7) is 0. The Morgan fingerprint density at radius 3 is 1.95 bits per heavy atom. The third-order valence-corrected chi connectivity index (χ3v) is 2.93. The average molecular weight is 311 g/mol. The van der Waals surface area contributed by atoms with Gasteiger partial charge < -0.3 is 0 Å². The number of rotatable bonds is 2. The highest BCUT2D eigenvalue weighted by atomic mass is 19.2. The smallest absolute Gasteiger partial charge is 0.200 e. The lowest BCUT2D eigenvalue weighted by Crippen LogP contribution is -2.10. The fourth-order valence-electron chi connectivity index (χ4n) is 1.89. The fourth-order valence-corrected chi connectivity index (χ4v) is 1.89. The van der Waals surface area contributed by atoms with Crippen LogP contribution in [0.2, 0.25) is 0 Å². The van der Waals surface area contributed by atoms with Gasteiger partial charge in [0.2, 0.25) is 5.82 Å². The quantitative estimate of drug-likeness (QED) is 0.411. The number of benzene rings is 1. The van der Waals surface area contributed by atoms with Crippen molar-refractivity contribution in [3.05, 3.63) is 65.7 Å². The standard InChI is InChI=1S/C14H6F5N3/c15-9-10(16)12(18)14(13(19)11(9)17)22-6-4-8(21-22)7-3-1-2-5-20-7/h1-6H. The molecule has 0 aliphatic heterocycles. The van der Waals surface area contributed by atoms with Crippen molar-refractivity contribution in [3.8, 4) is 17.1 Å². The van der Waals surface area contributed by atoms with Crippen molar-refractivity contribution in [1.82, 2.24) is 14.8 Å². The van der Waals surface area contributed by atoms with Gasteiger partial charge in [0.1, 0.15) is 11.4 Å². The van der Waals surface area contributed by atoms with Crippen LogP contribution >= 0.6 is 0 Å². The highest BCUT2D eigenvalue weighted by molar-refractivity contribution is 5.53. The zero-order valence-corrected chi connectivity index (χ0v) is 10.7. The molecule has 2 heterocycles. The third-order valence-electron chi connectivity index (χ3n) is 2.93. The van der Waals surface area contributed by atoms with Crippen LogP contribution in [0.5, 0.6) is 0 Å². The number of pyridine rings is 1. The molecule has 0 saturated heterocycles. The topological polar surface area (TPSA) is 30.7 Å². The van der Waals surface area contributed by atoms with Crippen LogP contribution < -0.4 is 0 Å². The normalized spacial score (nSPS) is 11.0. The van der Waals surface area contributed by atoms with Crippen LogP contribution in [0.1, 0.15) is 0 Å². The fraction of sp³-hybridized carbons (Fsp3) is 0. The molecule has 1 aromatic carbocycles. The summed E-state index contributed by atoms with van der Waals surface area (Å²) in [4.78, 5) is 3.98. The Hall–Kier alpha value is -2.77. The van der Waals surface area contributed by atoms with Gasteiger partial charge in [0.15, 0.2) is 23.3 Å². The molecule has 0 aliphatic rings. The van der Waals surface area contributed by atoms with Crippen LogP contribution in [-0.4, -0.2) is 14.8 Å². The van der Waals surface area contributed by atoms with E-state index in [4.69, 9.17) is 0 Å². The van der Waals surface area contributed by atoms with Gasteiger partial charge in [0.25, 0.3) is 0 Å². The Kier molecular flexibility index (Phi) is 3.36. The second-order valence-electron chi connectivity index (χ2n) is 4.28. The van der Waals surface area contributed by atoms with Gasteiger partial charge in [0, 0.05) is 12.4 Å². The van der Waals surface area contributed by atoms with Gasteiger partial charge in [-0.05, 0) is 18.2 Å². The molecule has 22 heavy (non-hydrogen) atoms. The molecule has 0 bridgehead atoms. The number of aromatic nitrogens is 3. The molecule has 0 saturated carbocycles. The first-order chi connectivity index (χ1) is 10.5. The van der Waals surface area contributed by atoms with E-state index in [1.165, 1.54) is 12.3 Å². The minimum atomic E-state index is -2.21. The SMILES string of the molecule is Fc1c(F)c(F)c(-n2ccc(-c3ccccn3)n2)c(F)c1F. The molecular weight excluding hydrogens is 305 g/mol. The summed E-state index contributed by atoms with van der Waals surface area (Å²) < 4.78 is 67.4. The minimum absolute atomic E-state index is 0.226. The lowest BCUT2D eigenvalue weighted by Gasteiger charge is -2.07. The number of nitrogens with zero attached hydrogens (tertiary/aromatic N) is 3. The highest BCUT2D eigenvalue weighted by Crippen LogP contribution is 2.26. The minimum Gasteiger partial charge on any atom is -0.255 e. The lowest BCUT2D eigenvalue weighted by atomic mass is 10.2. The molecule has 0 amide bonds. The maximum Gasteiger partial charge on any atom is 0.200 e. The van der Waals surface area contributed by atoms with Gasteiger partial charge in [-0.15, -0.1) is 0 Å². The summed E-state index contributed by atoms with van der Waals surface area (Å²) >= 11 is 0. The summed E-state index contributed by atoms with van der Waals surface area (Å²) in [6.07, 6.45) is 2.56. The van der Waals surface area contributed by atoms with Crippen molar-refractivity contribution in [2.75, 3.05) is 0 Å². The predicted octanol–water partition coefficient (Wildman–Crippen LogP) is 3.63. The Balaban J connectivity index is 2.16. The van der Waals surface area contributed by atoms with E-state index in [-0.39, 0.29) is 5.69 Å². The van der Waals surface area contributed by atoms with E-state index in [0.29, 0.717) is 10.4 Å². The molecule has 8 heteroatoms. The molecule has 0 spiro atoms. The molecule has 3 aromatic rings. The number of hydrogen-bond acceptors (Lipinski definition) is 2. The Bertz CT molecular complexity index is 816. The first-order valence-corrected chi connectivity index (χ1v) is 5.99. The van der Waals surface area contributed by atoms with E-state index in [9.17, 15) is 22.0 Å². The second-order valence-corrected chi connectivity index (χ2v) is 4.28. The van der Waals surface area contributed by atoms with Crippen molar-refractivity contribution >= 4 is 0 Å². The van der Waals surface area contributed by atoms with Crippen molar-refractivity contribution < 1.29 is 22.0 Å². The molecule has 0 aliphatic carbocycles. The summed E-state index contributed by atoms with van der Waals surface area (Å²) in [5.41, 5.74) is -0.520. The molecule has 112 valence electrons. The molecule has 0 fully saturated rings. The van der Waals surface area contributed by atoms with Gasteiger partial charge in [-0.3, -0.25) is 4.98 Å². The van der Waals surface area contributed by atoms with Crippen molar-refractivity contribution in [1.29, 1.82) is 0 Å². The number of hydrogen-bond donors (Lipinski definition) is 0. The van der Waals surface area contributed by atoms with Crippen LogP contribution in [0, 0.1) is 29.1 Å². The van der Waals surface area contributed by atoms with Crippen molar-refractivity contribution in [3.63, 3.8) is 0 Å². The maximum atomic E-state index is 13.7. The van der Waals surface area contributed by atoms with Crippen LogP contribution in [0.15, 0.2) is 36.7 Å². The summed E-state index contributed by atoms with van der Waals surface area (Å²) in [5.74, 6) is -10.2. The largest absolute Gasteiger partial charge is 0.255 e. The van der Waals surface area contributed by atoms with E-state index in [0.717, 1.165) is 6.20 Å². The number of halogens is 5. The molecule has 3 rings (SSSR count). The van der Waals surface area contributed by atoms with Crippen LogP contribution in [-0.2, 0) is 0 Å². The van der Waals surface area contributed by atoms with E-state index < -0.39 is 34.8 Å². The highest BCUT2D eigenvalue weighted by Gasteiger charge is 2.27. The van der Waals surface area contributed by atoms with Crippen LogP contribution in [0.25, 0.3) is 17.1 Å². The van der Waals surface area contributed by atoms with Gasteiger partial charge in [0.05, 0.1) is 5.69 Å². The molecule has 0 radical (unpaired) electrons. The zero-order chi connectivity index (χ0) is 15.9. The Morgan fingerprint density at radius 1 is 0.727 bits per heavy atom. The average Bonchev–Trinajstić information content (AvgIpc) is 3.02. The molecule has 2 aromatic heterocycles. The van der Waals surface area contributed by atoms with Crippen molar-refractivity contribution in [2.24, 2.45) is 0 Å². The first kappa shape index (κ1) is 14.2. The second kappa shape index (κ2) is 5.21. The monoisotopic (exact) mass is 311 g/mol. The van der Waals surface area contributed by atoms with Crippen molar-refractivity contribution in [2.45, 2.75) is 0 Å². The van der Waals surface area contributed by atoms with Crippen LogP contribution in [0.4, 0.5) is 22.0 Å². The zero-order valence-electron chi connectivity index (χ0n) is 10.7. The van der Waals surface area contributed by atoms with E-state index in [1.54, 1.807) is 18.2 Å². The summed E-state index contributed by atoms with van der Waals surface area (Å²) in [5, 5.41) is 3.80. The molecule has 3 nitrogen and oxygen atoms in total. The van der Waals surface area contributed by atoms with E-state index >= 15 is 0 Å². The summed E-state index contributed by atoms with van der Waals surface area (Å²) in [6, 6.07) is 6.26. The van der Waals surface area contributed by atoms with Crippen LogP contribution in [0.3, 0.4) is 0 Å². The molecule has 0 atom stereocenters. The lowest BCUT2D eigenvalue weighted by molar-refractivity contribution is 0.374. The van der Waals surface area contributed by atoms with Gasteiger partial charge >= 0.3 is 0 Å². The molecular formula is C14H6F5N3.